The molecule has 3 atom stereocenters. The fourth-order valence-electron chi connectivity index (χ4n) is 5.44. The number of nitrogens with one attached hydrogen (secondary N) is 1. The summed E-state index contributed by atoms with van der Waals surface area (Å²) in [4.78, 5) is 58.0. The zero-order chi connectivity index (χ0) is 26.7. The van der Waals surface area contributed by atoms with Crippen molar-refractivity contribution in [2.75, 3.05) is 31.1 Å². The van der Waals surface area contributed by atoms with Gasteiger partial charge in [0.25, 0.3) is 11.8 Å². The number of ketones is 1. The number of anilines is 1. The van der Waals surface area contributed by atoms with Crippen molar-refractivity contribution in [1.82, 2.24) is 15.1 Å². The van der Waals surface area contributed by atoms with E-state index < -0.39 is 12.1 Å². The first-order valence-corrected chi connectivity index (χ1v) is 13.1. The van der Waals surface area contributed by atoms with Gasteiger partial charge in [0.1, 0.15) is 18.3 Å². The van der Waals surface area contributed by atoms with Crippen LogP contribution >= 0.6 is 0 Å². The zero-order valence-electron chi connectivity index (χ0n) is 22.0. The second kappa shape index (κ2) is 11.2. The van der Waals surface area contributed by atoms with E-state index in [4.69, 9.17) is 4.42 Å². The lowest BCUT2D eigenvalue weighted by Gasteiger charge is -2.29. The molecule has 2 aliphatic rings. The maximum absolute atomic E-state index is 13.7. The number of rotatable bonds is 9. The number of carbonyl (C=O) groups excluding carboxylic acids is 4. The Morgan fingerprint density at radius 2 is 1.76 bits per heavy atom. The first kappa shape index (κ1) is 26.4. The van der Waals surface area contributed by atoms with Crippen molar-refractivity contribution in [3.8, 4) is 0 Å². The van der Waals surface area contributed by atoms with Crippen LogP contribution in [-0.2, 0) is 9.59 Å². The van der Waals surface area contributed by atoms with Crippen LogP contribution in [0.4, 0.5) is 5.69 Å². The largest absolute Gasteiger partial charge is 0.472 e. The number of furan rings is 1. The Morgan fingerprint density at radius 3 is 2.35 bits per heavy atom. The molecule has 1 N–H and O–H groups in total. The van der Waals surface area contributed by atoms with Crippen LogP contribution in [0.25, 0.3) is 0 Å². The molecule has 3 heterocycles. The molecule has 4 rings (SSSR count). The Bertz CT molecular complexity index is 1120. The molecule has 198 valence electrons. The van der Waals surface area contributed by atoms with Gasteiger partial charge in [0, 0.05) is 30.9 Å². The normalized spacial score (nSPS) is 19.8. The number of amides is 3. The molecule has 1 aromatic carbocycles. The maximum atomic E-state index is 13.7. The number of nitrogens with zero attached hydrogens (tertiary/aromatic N) is 3. The molecule has 3 unspecified atom stereocenters. The lowest BCUT2D eigenvalue weighted by Crippen LogP contribution is -2.53. The van der Waals surface area contributed by atoms with Crippen molar-refractivity contribution < 1.29 is 23.6 Å². The second-order valence-electron chi connectivity index (χ2n) is 10.1. The van der Waals surface area contributed by atoms with Crippen LogP contribution in [0.2, 0.25) is 0 Å². The number of carbonyl (C=O) groups is 4. The Hall–Kier alpha value is -3.62. The minimum Gasteiger partial charge on any atom is -0.472 e. The van der Waals surface area contributed by atoms with Crippen LogP contribution in [0, 0.1) is 5.92 Å². The fraction of sp³-hybridized carbons (Fsp3) is 0.500. The average Bonchev–Trinajstić information content (AvgIpc) is 3.63. The van der Waals surface area contributed by atoms with Gasteiger partial charge in [-0.2, -0.15) is 0 Å². The quantitative estimate of drug-likeness (QED) is 0.559. The lowest BCUT2D eigenvalue weighted by atomic mass is 10.0. The summed E-state index contributed by atoms with van der Waals surface area (Å²) in [6, 6.07) is 7.10. The van der Waals surface area contributed by atoms with Crippen molar-refractivity contribution in [3.05, 3.63) is 54.0 Å². The summed E-state index contributed by atoms with van der Waals surface area (Å²) in [5.41, 5.74) is 1.90. The Morgan fingerprint density at radius 1 is 1.05 bits per heavy atom. The van der Waals surface area contributed by atoms with E-state index in [-0.39, 0.29) is 42.0 Å². The number of Topliss-reactive ketones (excluding diaryl/α,β-unsaturated/α-hetero) is 1. The van der Waals surface area contributed by atoms with Crippen molar-refractivity contribution in [1.29, 1.82) is 0 Å². The molecule has 0 saturated carbocycles. The molecule has 0 radical (unpaired) electrons. The molecular formula is C28H36N4O5. The summed E-state index contributed by atoms with van der Waals surface area (Å²) in [6.45, 7) is 10.2. The number of hydrogen-bond acceptors (Lipinski definition) is 6. The van der Waals surface area contributed by atoms with E-state index in [1.165, 1.54) is 12.5 Å². The van der Waals surface area contributed by atoms with Gasteiger partial charge in [-0.25, -0.2) is 0 Å². The van der Waals surface area contributed by atoms with E-state index in [0.29, 0.717) is 30.5 Å². The van der Waals surface area contributed by atoms with E-state index in [1.807, 2.05) is 26.0 Å². The topological polar surface area (TPSA) is 103 Å². The van der Waals surface area contributed by atoms with Crippen molar-refractivity contribution in [2.45, 2.75) is 58.7 Å². The highest BCUT2D eigenvalue weighted by Gasteiger charge is 2.52. The summed E-state index contributed by atoms with van der Waals surface area (Å²) >= 11 is 0. The lowest BCUT2D eigenvalue weighted by molar-refractivity contribution is -0.138. The van der Waals surface area contributed by atoms with E-state index in [2.05, 4.69) is 24.1 Å². The van der Waals surface area contributed by atoms with Crippen LogP contribution in [0.15, 0.2) is 47.3 Å². The number of likely N-dealkylation sites (tertiary alicyclic amines) is 2. The standard InChI is InChI=1S/C28H36N4O5/c1-5-30(6-2)21-9-7-19(8-10-21)26(34)29-22(15-18(3)4)28(36)31-13-11-23-25(31)24(33)16-32(23)27(35)20-12-14-37-17-20/h7-10,12,14,17-18,22-23,25H,5-6,11,13,15-16H2,1-4H3,(H,29,34). The molecule has 9 nitrogen and oxygen atoms in total. The van der Waals surface area contributed by atoms with Gasteiger partial charge in [-0.05, 0) is 62.9 Å². The highest BCUT2D eigenvalue weighted by atomic mass is 16.3. The summed E-state index contributed by atoms with van der Waals surface area (Å²) in [6.07, 6.45) is 3.74. The van der Waals surface area contributed by atoms with Crippen molar-refractivity contribution in [2.24, 2.45) is 5.92 Å². The van der Waals surface area contributed by atoms with Crippen LogP contribution in [-0.4, -0.2) is 77.6 Å². The molecule has 2 aliphatic heterocycles. The minimum atomic E-state index is -0.764. The Balaban J connectivity index is 1.48. The summed E-state index contributed by atoms with van der Waals surface area (Å²) in [5, 5.41) is 2.92. The molecule has 2 saturated heterocycles. The van der Waals surface area contributed by atoms with Gasteiger partial charge < -0.3 is 24.4 Å². The minimum absolute atomic E-state index is 0.0385. The molecular weight excluding hydrogens is 472 g/mol. The molecule has 1 aromatic heterocycles. The van der Waals surface area contributed by atoms with E-state index in [9.17, 15) is 19.2 Å². The maximum Gasteiger partial charge on any atom is 0.257 e. The fourth-order valence-corrected chi connectivity index (χ4v) is 5.44. The van der Waals surface area contributed by atoms with E-state index in [1.54, 1.807) is 28.0 Å². The SMILES string of the molecule is CCN(CC)c1ccc(C(=O)NC(CC(C)C)C(=O)N2CCC3C2C(=O)CN3C(=O)c2ccoc2)cc1. The van der Waals surface area contributed by atoms with Crippen LogP contribution < -0.4 is 10.2 Å². The van der Waals surface area contributed by atoms with Crippen molar-refractivity contribution in [3.63, 3.8) is 0 Å². The average molecular weight is 509 g/mol. The Kier molecular flexibility index (Phi) is 8.00. The van der Waals surface area contributed by atoms with Crippen LogP contribution in [0.1, 0.15) is 61.3 Å². The third-order valence-corrected chi connectivity index (χ3v) is 7.30. The first-order chi connectivity index (χ1) is 17.7. The van der Waals surface area contributed by atoms with Crippen molar-refractivity contribution >= 4 is 29.2 Å². The monoisotopic (exact) mass is 508 g/mol. The summed E-state index contributed by atoms with van der Waals surface area (Å²) < 4.78 is 5.02. The van der Waals surface area contributed by atoms with Gasteiger partial charge in [0.2, 0.25) is 5.91 Å². The predicted molar refractivity (Wildman–Crippen MR) is 139 cm³/mol. The first-order valence-electron chi connectivity index (χ1n) is 13.1. The predicted octanol–water partition coefficient (Wildman–Crippen LogP) is 2.96. The number of hydrogen-bond donors (Lipinski definition) is 1. The van der Waals surface area contributed by atoms with Crippen LogP contribution in [0.3, 0.4) is 0 Å². The van der Waals surface area contributed by atoms with Gasteiger partial charge in [-0.15, -0.1) is 0 Å². The zero-order valence-corrected chi connectivity index (χ0v) is 22.0. The number of benzene rings is 1. The van der Waals surface area contributed by atoms with Crippen LogP contribution in [0.5, 0.6) is 0 Å². The molecule has 2 aromatic rings. The summed E-state index contributed by atoms with van der Waals surface area (Å²) in [5.74, 6) is -0.884. The molecule has 0 aliphatic carbocycles. The molecule has 0 spiro atoms. The third kappa shape index (κ3) is 5.40. The molecule has 0 bridgehead atoms. The number of fused-ring (bicyclic) bond motifs is 1. The molecule has 2 fully saturated rings. The summed E-state index contributed by atoms with van der Waals surface area (Å²) in [7, 11) is 0. The highest BCUT2D eigenvalue weighted by molar-refractivity contribution is 6.03. The van der Waals surface area contributed by atoms with Gasteiger partial charge in [-0.3, -0.25) is 19.2 Å². The second-order valence-corrected chi connectivity index (χ2v) is 10.1. The van der Waals surface area contributed by atoms with Gasteiger partial charge in [0.15, 0.2) is 5.78 Å². The van der Waals surface area contributed by atoms with E-state index >= 15 is 0 Å². The smallest absolute Gasteiger partial charge is 0.257 e. The van der Waals surface area contributed by atoms with Gasteiger partial charge in [-0.1, -0.05) is 13.8 Å². The van der Waals surface area contributed by atoms with Gasteiger partial charge >= 0.3 is 0 Å². The molecule has 3 amide bonds. The third-order valence-electron chi connectivity index (χ3n) is 7.30. The van der Waals surface area contributed by atoms with E-state index in [0.717, 1.165) is 18.8 Å². The Labute approximate surface area is 217 Å². The molecule has 37 heavy (non-hydrogen) atoms. The molecule has 9 heteroatoms. The van der Waals surface area contributed by atoms with Gasteiger partial charge in [0.05, 0.1) is 24.4 Å². The highest BCUT2D eigenvalue weighted by Crippen LogP contribution is 2.32.